The first-order valence-corrected chi connectivity index (χ1v) is 34.1. The quantitative estimate of drug-likeness (QED) is 0.141. The van der Waals surface area contributed by atoms with E-state index in [-0.39, 0.29) is 68.9 Å². The van der Waals surface area contributed by atoms with Crippen molar-refractivity contribution in [3.8, 4) is 61.7 Å². The Morgan fingerprint density at radius 3 is 1.48 bits per heavy atom. The maximum Gasteiger partial charge on any atom is 0.249 e. The molecule has 3 aliphatic heterocycles. The summed E-state index contributed by atoms with van der Waals surface area (Å²) in [6, 6.07) is 84.0. The molecule has 13 aromatic carbocycles. The molecule has 0 fully saturated rings. The Balaban J connectivity index is 1.01. The Hall–Kier alpha value is -10.3. The summed E-state index contributed by atoms with van der Waals surface area (Å²) in [5.74, 6) is 1.50. The Bertz CT molecular complexity index is 5710. The Kier molecular flexibility index (Phi) is 11.9. The maximum atomic E-state index is 9.77. The van der Waals surface area contributed by atoms with E-state index in [0.29, 0.717) is 5.69 Å². The van der Waals surface area contributed by atoms with Gasteiger partial charge in [-0.05, 0) is 155 Å². The van der Waals surface area contributed by atoms with Gasteiger partial charge in [-0.3, -0.25) is 0 Å². The smallest absolute Gasteiger partial charge is 0.249 e. The van der Waals surface area contributed by atoms with Crippen LogP contribution in [0.2, 0.25) is 0 Å². The van der Waals surface area contributed by atoms with Crippen LogP contribution in [-0.4, -0.2) is 11.3 Å². The van der Waals surface area contributed by atoms with Crippen molar-refractivity contribution in [2.45, 2.75) is 93.8 Å². The normalized spacial score (nSPS) is 14.9. The molecule has 0 saturated carbocycles. The molecule has 5 heteroatoms. The zero-order valence-corrected chi connectivity index (χ0v) is 56.2. The Morgan fingerprint density at radius 1 is 0.396 bits per heavy atom. The minimum Gasteiger partial charge on any atom is -0.457 e. The van der Waals surface area contributed by atoms with Crippen LogP contribution in [0.15, 0.2) is 301 Å². The van der Waals surface area contributed by atoms with E-state index < -0.39 is 29.6 Å². The van der Waals surface area contributed by atoms with Crippen LogP contribution in [0.3, 0.4) is 0 Å². The van der Waals surface area contributed by atoms with Crippen molar-refractivity contribution in [3.63, 3.8) is 0 Å². The van der Waals surface area contributed by atoms with Crippen LogP contribution in [0.25, 0.3) is 72.0 Å². The summed E-state index contributed by atoms with van der Waals surface area (Å²) in [6.07, 6.45) is 0. The number of anilines is 3. The highest BCUT2D eigenvalue weighted by atomic mass is 32.2. The van der Waals surface area contributed by atoms with E-state index >= 15 is 0 Å². The molecule has 0 N–H and O–H groups in total. The van der Waals surface area contributed by atoms with Gasteiger partial charge in [-0.2, -0.15) is 0 Å². The standard InChI is InChI=1S/C91H75BN2OS/c1-88(2,3)66-48-62(49-67(54-66)89(4,5)6)61-43-46-77-84(52-61)96-85-53-63(60-42-45-75-83(51-60)95-82-41-27-24-38-74(82)91(75,64-32-18-12-19-33-64)65-34-20-13-21-35-65)50-81-86(85)92(77)76-47-44-69(93-78-39-25-22-36-70(78)71-37-23-26-40-79(71)93)57-80(76)94(81)87-72(58-28-14-10-15-29-58)55-68(90(7,8)9)56-73(87)59-30-16-11-17-31-59/h10-57H,1-9H3/i22D,23D,25D,26D,36D,37D,39D,40D. The zero-order valence-electron chi connectivity index (χ0n) is 63.4. The lowest BCUT2D eigenvalue weighted by Gasteiger charge is -2.43. The lowest BCUT2D eigenvalue weighted by Crippen LogP contribution is -2.60. The molecule has 0 atom stereocenters. The second-order valence-corrected chi connectivity index (χ2v) is 30.1. The fourth-order valence-corrected chi connectivity index (χ4v) is 16.4. The van der Waals surface area contributed by atoms with Gasteiger partial charge in [-0.25, -0.2) is 0 Å². The summed E-state index contributed by atoms with van der Waals surface area (Å²) in [5, 5.41) is 0.0309. The minimum absolute atomic E-state index is 0.0155. The number of benzene rings is 13. The first-order chi connectivity index (χ1) is 49.8. The molecule has 14 aromatic rings. The molecule has 96 heavy (non-hydrogen) atoms. The molecular weight excluding hydrogens is 1180 g/mol. The van der Waals surface area contributed by atoms with Crippen molar-refractivity contribution >= 4 is 73.7 Å². The Labute approximate surface area is 581 Å². The molecule has 3 aliphatic rings. The molecule has 0 saturated heterocycles. The molecule has 4 heterocycles. The van der Waals surface area contributed by atoms with E-state index in [1.54, 1.807) is 16.3 Å². The van der Waals surface area contributed by atoms with Gasteiger partial charge in [0.2, 0.25) is 6.71 Å². The van der Waals surface area contributed by atoms with Crippen molar-refractivity contribution < 1.29 is 15.7 Å². The van der Waals surface area contributed by atoms with E-state index in [4.69, 9.17) is 7.48 Å². The van der Waals surface area contributed by atoms with Crippen molar-refractivity contribution in [1.82, 2.24) is 4.57 Å². The van der Waals surface area contributed by atoms with Gasteiger partial charge in [-0.1, -0.05) is 304 Å². The average molecular weight is 1260 g/mol. The number of para-hydroxylation sites is 3. The van der Waals surface area contributed by atoms with Crippen LogP contribution in [0.1, 0.15) is 112 Å². The third kappa shape index (κ3) is 9.63. The fourth-order valence-electron chi connectivity index (χ4n) is 15.2. The highest BCUT2D eigenvalue weighted by Crippen LogP contribution is 2.57. The van der Waals surface area contributed by atoms with Gasteiger partial charge < -0.3 is 14.2 Å². The van der Waals surface area contributed by atoms with Crippen LogP contribution in [-0.2, 0) is 21.7 Å². The second-order valence-electron chi connectivity index (χ2n) is 29.0. The maximum absolute atomic E-state index is 9.77. The van der Waals surface area contributed by atoms with Crippen LogP contribution >= 0.6 is 11.8 Å². The molecule has 0 amide bonds. The number of hydrogen-bond donors (Lipinski definition) is 0. The minimum atomic E-state index is -0.754. The van der Waals surface area contributed by atoms with Gasteiger partial charge in [0.25, 0.3) is 0 Å². The van der Waals surface area contributed by atoms with Crippen molar-refractivity contribution in [2.24, 2.45) is 0 Å². The lowest BCUT2D eigenvalue weighted by atomic mass is 9.34. The van der Waals surface area contributed by atoms with E-state index in [0.717, 1.165) is 127 Å². The van der Waals surface area contributed by atoms with Crippen LogP contribution in [0.5, 0.6) is 11.5 Å². The van der Waals surface area contributed by atoms with Crippen molar-refractivity contribution in [1.29, 1.82) is 0 Å². The van der Waals surface area contributed by atoms with Gasteiger partial charge in [0.1, 0.15) is 11.5 Å². The highest BCUT2D eigenvalue weighted by Gasteiger charge is 2.47. The molecular formula is C91H75BN2OS. The number of ether oxygens (including phenoxy) is 1. The number of hydrogen-bond acceptors (Lipinski definition) is 3. The summed E-state index contributed by atoms with van der Waals surface area (Å²) in [4.78, 5) is 4.60. The number of nitrogens with zero attached hydrogens (tertiary/aromatic N) is 2. The predicted octanol–water partition coefficient (Wildman–Crippen LogP) is 22.6. The number of fused-ring (bicyclic) bond motifs is 9. The highest BCUT2D eigenvalue weighted by molar-refractivity contribution is 8.00. The van der Waals surface area contributed by atoms with Gasteiger partial charge in [-0.15, -0.1) is 0 Å². The van der Waals surface area contributed by atoms with E-state index in [2.05, 4.69) is 286 Å². The molecule has 464 valence electrons. The van der Waals surface area contributed by atoms with Crippen LogP contribution in [0, 0.1) is 0 Å². The summed E-state index contributed by atoms with van der Waals surface area (Å²) in [5.41, 5.74) is 21.0. The Morgan fingerprint density at radius 2 is 0.885 bits per heavy atom. The molecule has 17 rings (SSSR count). The first kappa shape index (κ1) is 51.1. The zero-order chi connectivity index (χ0) is 72.4. The first-order valence-electron chi connectivity index (χ1n) is 37.2. The third-order valence-electron chi connectivity index (χ3n) is 20.1. The molecule has 0 bridgehead atoms. The lowest BCUT2D eigenvalue weighted by molar-refractivity contribution is 0.434. The largest absolute Gasteiger partial charge is 0.457 e. The topological polar surface area (TPSA) is 17.4 Å². The average Bonchev–Trinajstić information content (AvgIpc) is 0.944. The van der Waals surface area contributed by atoms with Crippen molar-refractivity contribution in [2.75, 3.05) is 4.90 Å². The molecule has 0 aliphatic carbocycles. The summed E-state index contributed by atoms with van der Waals surface area (Å²) >= 11 is 1.79. The number of rotatable bonds is 8. The molecule has 1 aromatic heterocycles. The van der Waals surface area contributed by atoms with Gasteiger partial charge in [0.05, 0.1) is 33.1 Å². The predicted molar refractivity (Wildman–Crippen MR) is 407 cm³/mol. The molecule has 0 radical (unpaired) electrons. The fraction of sp³-hybridized carbons (Fsp3) is 0.143. The van der Waals surface area contributed by atoms with Crippen LogP contribution < -0.4 is 26.0 Å². The second kappa shape index (κ2) is 22.4. The summed E-state index contributed by atoms with van der Waals surface area (Å²) < 4.78 is 83.9. The van der Waals surface area contributed by atoms with E-state index in [1.807, 2.05) is 24.3 Å². The van der Waals surface area contributed by atoms with Crippen LogP contribution in [0.4, 0.5) is 17.1 Å². The van der Waals surface area contributed by atoms with Crippen molar-refractivity contribution in [3.05, 3.63) is 330 Å². The van der Waals surface area contributed by atoms with Gasteiger partial charge in [0, 0.05) is 59.9 Å². The molecule has 0 spiro atoms. The SMILES string of the molecule is [2H]c1c([2H])c([2H])c2c(c1[2H])c1c([2H])c([2H])c([2H])c([2H])c1n2-c1ccc2c(c1)N(c1c(-c3ccccc3)cc(C(C)(C)C)cc1-c1ccccc1)c1cc(-c3ccc4c(c3)Oc3ccccc3C4(c3ccccc3)c3ccccc3)cc3c1B2c1ccc(-c2cc(C(C)(C)C)cc(C(C)(C)C)c2)cc1S3. The van der Waals surface area contributed by atoms with E-state index in [1.165, 1.54) is 11.1 Å². The third-order valence-corrected chi connectivity index (χ3v) is 21.2. The number of aromatic nitrogens is 1. The molecule has 3 nitrogen and oxygen atoms in total. The van der Waals surface area contributed by atoms with Gasteiger partial charge >= 0.3 is 0 Å². The summed E-state index contributed by atoms with van der Waals surface area (Å²) in [6.45, 7) is 20.1. The van der Waals surface area contributed by atoms with E-state index in [9.17, 15) is 8.22 Å². The van der Waals surface area contributed by atoms with Gasteiger partial charge in [0.15, 0.2) is 0 Å². The molecule has 0 unspecified atom stereocenters. The summed E-state index contributed by atoms with van der Waals surface area (Å²) in [7, 11) is 0. The monoisotopic (exact) mass is 1260 g/mol.